The molecule has 0 unspecified atom stereocenters. The van der Waals surface area contributed by atoms with Crippen LogP contribution < -0.4 is 15.0 Å². The van der Waals surface area contributed by atoms with Crippen molar-refractivity contribution in [1.82, 2.24) is 19.7 Å². The number of methoxy groups -OCH3 is 1. The molecule has 4 rings (SSSR count). The van der Waals surface area contributed by atoms with Crippen molar-refractivity contribution in [2.24, 2.45) is 0 Å². The van der Waals surface area contributed by atoms with Gasteiger partial charge in [-0.2, -0.15) is 9.78 Å². The number of benzene rings is 1. The van der Waals surface area contributed by atoms with Gasteiger partial charge in [0.2, 0.25) is 10.0 Å². The fraction of sp³-hybridized carbons (Fsp3) is 0.227. The van der Waals surface area contributed by atoms with Crippen molar-refractivity contribution < 1.29 is 22.1 Å². The molecule has 0 spiro atoms. The molecule has 172 valence electrons. The lowest BCUT2D eigenvalue weighted by Gasteiger charge is -2.12. The van der Waals surface area contributed by atoms with Crippen molar-refractivity contribution in [2.75, 3.05) is 7.11 Å². The Balaban J connectivity index is 1.74. The molecule has 0 aliphatic rings. The molecule has 0 radical (unpaired) electrons. The molecule has 0 aliphatic carbocycles. The van der Waals surface area contributed by atoms with Crippen LogP contribution >= 0.6 is 0 Å². The second-order valence-electron chi connectivity index (χ2n) is 7.34. The summed E-state index contributed by atoms with van der Waals surface area (Å²) in [6, 6.07) is 11.0. The average Bonchev–Trinajstić information content (AvgIpc) is 3.37. The van der Waals surface area contributed by atoms with Crippen LogP contribution in [0.3, 0.4) is 0 Å². The Labute approximate surface area is 189 Å². The van der Waals surface area contributed by atoms with E-state index in [-0.39, 0.29) is 22.7 Å². The lowest BCUT2D eigenvalue weighted by molar-refractivity contribution is 0.392. The number of hydrogen-bond acceptors (Lipinski definition) is 8. The number of ether oxygens (including phenoxy) is 1. The van der Waals surface area contributed by atoms with Crippen LogP contribution in [0.15, 0.2) is 61.1 Å². The van der Waals surface area contributed by atoms with Crippen molar-refractivity contribution in [3.05, 3.63) is 75.8 Å². The van der Waals surface area contributed by atoms with Crippen molar-refractivity contribution in [3.63, 3.8) is 0 Å². The first-order valence-corrected chi connectivity index (χ1v) is 11.4. The van der Waals surface area contributed by atoms with E-state index >= 15 is 0 Å². The van der Waals surface area contributed by atoms with Crippen LogP contribution in [0.4, 0.5) is 0 Å². The summed E-state index contributed by atoms with van der Waals surface area (Å²) in [4.78, 5) is 12.4. The number of aromatic nitrogens is 3. The van der Waals surface area contributed by atoms with Gasteiger partial charge in [-0.3, -0.25) is 4.79 Å². The molecule has 1 N–H and O–H groups in total. The molecule has 0 fully saturated rings. The molecule has 0 atom stereocenters. The summed E-state index contributed by atoms with van der Waals surface area (Å²) in [7, 11) is -2.57. The van der Waals surface area contributed by atoms with E-state index in [1.807, 2.05) is 0 Å². The summed E-state index contributed by atoms with van der Waals surface area (Å²) < 4.78 is 45.6. The van der Waals surface area contributed by atoms with E-state index in [4.69, 9.17) is 13.7 Å². The zero-order valence-corrected chi connectivity index (χ0v) is 19.3. The summed E-state index contributed by atoms with van der Waals surface area (Å²) in [5.41, 5.74) is 1.44. The molecule has 10 nitrogen and oxygen atoms in total. The average molecular weight is 471 g/mol. The minimum absolute atomic E-state index is 0.0152. The number of nitrogens with zero attached hydrogens (tertiary/aromatic N) is 3. The molecular weight excluding hydrogens is 448 g/mol. The van der Waals surface area contributed by atoms with Crippen molar-refractivity contribution >= 4 is 10.0 Å². The summed E-state index contributed by atoms with van der Waals surface area (Å²) in [6.07, 6.45) is 0. The van der Waals surface area contributed by atoms with E-state index in [9.17, 15) is 13.2 Å². The summed E-state index contributed by atoms with van der Waals surface area (Å²) in [5, 5.41) is 8.28. The van der Waals surface area contributed by atoms with E-state index < -0.39 is 10.0 Å². The number of hydrogen-bond donors (Lipinski definition) is 1. The quantitative estimate of drug-likeness (QED) is 0.436. The second kappa shape index (κ2) is 8.68. The topological polar surface area (TPSA) is 129 Å². The number of sulfonamides is 1. The van der Waals surface area contributed by atoms with Crippen LogP contribution in [-0.2, 0) is 16.6 Å². The van der Waals surface area contributed by atoms with Gasteiger partial charge in [0.25, 0.3) is 5.56 Å². The van der Waals surface area contributed by atoms with Crippen LogP contribution in [0.2, 0.25) is 0 Å². The van der Waals surface area contributed by atoms with Crippen molar-refractivity contribution in [3.8, 4) is 22.7 Å². The zero-order valence-electron chi connectivity index (χ0n) is 18.4. The number of nitrogens with one attached hydrogen (secondary N) is 1. The molecule has 0 aliphatic heterocycles. The largest absolute Gasteiger partial charge is 0.495 e. The highest BCUT2D eigenvalue weighted by molar-refractivity contribution is 7.89. The van der Waals surface area contributed by atoms with E-state index in [1.54, 1.807) is 39.0 Å². The maximum atomic E-state index is 13.0. The number of furan rings is 1. The zero-order chi connectivity index (χ0) is 23.8. The third-order valence-corrected chi connectivity index (χ3v) is 6.41. The van der Waals surface area contributed by atoms with E-state index in [2.05, 4.69) is 15.0 Å². The monoisotopic (exact) mass is 470 g/mol. The molecule has 0 bridgehead atoms. The van der Waals surface area contributed by atoms with Gasteiger partial charge in [0.15, 0.2) is 5.76 Å². The van der Waals surface area contributed by atoms with Gasteiger partial charge in [-0.1, -0.05) is 5.16 Å². The first-order valence-electron chi connectivity index (χ1n) is 9.96. The van der Waals surface area contributed by atoms with E-state index in [0.717, 1.165) is 0 Å². The normalized spacial score (nSPS) is 11.6. The molecule has 0 saturated heterocycles. The van der Waals surface area contributed by atoms with Crippen molar-refractivity contribution in [2.45, 2.75) is 32.2 Å². The summed E-state index contributed by atoms with van der Waals surface area (Å²) >= 11 is 0. The predicted molar refractivity (Wildman–Crippen MR) is 119 cm³/mol. The highest BCUT2D eigenvalue weighted by atomic mass is 32.2. The molecule has 3 aromatic heterocycles. The molecule has 4 aromatic rings. The smallest absolute Gasteiger partial charge is 0.271 e. The third kappa shape index (κ3) is 4.45. The van der Waals surface area contributed by atoms with Gasteiger partial charge in [-0.15, -0.1) is 0 Å². The minimum atomic E-state index is -3.95. The molecule has 1 aromatic carbocycles. The minimum Gasteiger partial charge on any atom is -0.495 e. The highest BCUT2D eigenvalue weighted by Gasteiger charge is 2.22. The SMILES string of the molecule is COc1ccc(-c2ccc(=O)n(-c3c(C)noc3C)n2)cc1S(=O)(=O)NCc1ccc(C)o1. The number of rotatable bonds is 7. The van der Waals surface area contributed by atoms with Gasteiger partial charge < -0.3 is 13.7 Å². The Morgan fingerprint density at radius 1 is 1.09 bits per heavy atom. The maximum Gasteiger partial charge on any atom is 0.271 e. The molecular formula is C22H22N4O6S. The lowest BCUT2D eigenvalue weighted by atomic mass is 10.1. The van der Waals surface area contributed by atoms with Gasteiger partial charge in [0.1, 0.15) is 33.5 Å². The van der Waals surface area contributed by atoms with Gasteiger partial charge >= 0.3 is 0 Å². The Morgan fingerprint density at radius 2 is 1.88 bits per heavy atom. The predicted octanol–water partition coefficient (Wildman–Crippen LogP) is 2.89. The van der Waals surface area contributed by atoms with Crippen LogP contribution in [0.1, 0.15) is 23.0 Å². The highest BCUT2D eigenvalue weighted by Crippen LogP contribution is 2.29. The number of aryl methyl sites for hydroxylation is 3. The van der Waals surface area contributed by atoms with Crippen LogP contribution in [0, 0.1) is 20.8 Å². The van der Waals surface area contributed by atoms with Gasteiger partial charge in [-0.05, 0) is 57.2 Å². The first kappa shape index (κ1) is 22.5. The Kier molecular flexibility index (Phi) is 5.91. The fourth-order valence-electron chi connectivity index (χ4n) is 3.38. The van der Waals surface area contributed by atoms with Crippen LogP contribution in [0.25, 0.3) is 16.9 Å². The summed E-state index contributed by atoms with van der Waals surface area (Å²) in [6.45, 7) is 5.15. The molecule has 3 heterocycles. The van der Waals surface area contributed by atoms with E-state index in [1.165, 1.54) is 36.1 Å². The Hall–Kier alpha value is -3.70. The first-order chi connectivity index (χ1) is 15.7. The summed E-state index contributed by atoms with van der Waals surface area (Å²) in [5.74, 6) is 1.78. The van der Waals surface area contributed by atoms with Crippen LogP contribution in [0.5, 0.6) is 5.75 Å². The van der Waals surface area contributed by atoms with Crippen molar-refractivity contribution in [1.29, 1.82) is 0 Å². The van der Waals surface area contributed by atoms with Crippen LogP contribution in [-0.4, -0.2) is 30.5 Å². The maximum absolute atomic E-state index is 13.0. The Bertz CT molecular complexity index is 1460. The molecule has 33 heavy (non-hydrogen) atoms. The second-order valence-corrected chi connectivity index (χ2v) is 9.08. The van der Waals surface area contributed by atoms with Gasteiger partial charge in [0.05, 0.1) is 19.3 Å². The van der Waals surface area contributed by atoms with E-state index in [0.29, 0.717) is 39.9 Å². The van der Waals surface area contributed by atoms with Gasteiger partial charge in [0, 0.05) is 11.6 Å². The van der Waals surface area contributed by atoms with Gasteiger partial charge in [-0.25, -0.2) is 13.1 Å². The molecule has 0 saturated carbocycles. The molecule has 11 heteroatoms. The fourth-order valence-corrected chi connectivity index (χ4v) is 4.56. The Morgan fingerprint density at radius 3 is 2.52 bits per heavy atom. The molecule has 0 amide bonds. The lowest BCUT2D eigenvalue weighted by Crippen LogP contribution is -2.24. The third-order valence-electron chi connectivity index (χ3n) is 4.99. The standard InChI is InChI=1S/C22H22N4O6S/c1-13-5-7-17(31-13)12-23-33(28,29)20-11-16(6-9-19(20)30-4)18-8-10-21(27)26(24-18)22-14(2)25-32-15(22)3/h5-11,23H,12H2,1-4H3.